The van der Waals surface area contributed by atoms with Crippen molar-refractivity contribution in [1.29, 1.82) is 0 Å². The highest BCUT2D eigenvalue weighted by Gasteiger charge is 2.30. The molecule has 0 bridgehead atoms. The molecular weight excluding hydrogens is 244 g/mol. The molecule has 1 fully saturated rings. The quantitative estimate of drug-likeness (QED) is 0.691. The van der Waals surface area contributed by atoms with Crippen molar-refractivity contribution in [2.75, 3.05) is 0 Å². The van der Waals surface area contributed by atoms with Gasteiger partial charge in [0.2, 0.25) is 0 Å². The molecule has 0 N–H and O–H groups in total. The molecule has 18 heavy (non-hydrogen) atoms. The molecule has 0 radical (unpaired) electrons. The van der Waals surface area contributed by atoms with E-state index in [2.05, 4.69) is 45.9 Å². The molecule has 0 unspecified atom stereocenters. The predicted molar refractivity (Wildman–Crippen MR) is 77.9 cm³/mol. The molecule has 0 atom stereocenters. The van der Waals surface area contributed by atoms with E-state index in [1.165, 1.54) is 11.1 Å². The lowest BCUT2D eigenvalue weighted by Crippen LogP contribution is -2.34. The molecule has 1 aromatic carbocycles. The van der Waals surface area contributed by atoms with Gasteiger partial charge in [-0.05, 0) is 23.0 Å². The van der Waals surface area contributed by atoms with Gasteiger partial charge in [-0.3, -0.25) is 0 Å². The van der Waals surface area contributed by atoms with Gasteiger partial charge >= 0.3 is 0 Å². The minimum atomic E-state index is 0.309. The van der Waals surface area contributed by atoms with E-state index in [0.717, 1.165) is 18.6 Å². The van der Waals surface area contributed by atoms with Gasteiger partial charge in [0.1, 0.15) is 11.9 Å². The Hall–Kier alpha value is -0.690. The molecule has 100 valence electrons. The summed E-state index contributed by atoms with van der Waals surface area (Å²) in [4.78, 5) is 0. The Morgan fingerprint density at radius 1 is 1.06 bits per heavy atom. The predicted octanol–water partition coefficient (Wildman–Crippen LogP) is 5.08. The number of alkyl halides is 1. The number of para-hydroxylation sites is 1. The third-order valence-electron chi connectivity index (χ3n) is 3.64. The maximum absolute atomic E-state index is 6.22. The van der Waals surface area contributed by atoms with Gasteiger partial charge in [0, 0.05) is 18.2 Å². The summed E-state index contributed by atoms with van der Waals surface area (Å²) in [5, 5.41) is 0.309. The highest BCUT2D eigenvalue weighted by Crippen LogP contribution is 2.38. The molecule has 1 aliphatic rings. The molecule has 1 saturated carbocycles. The molecule has 1 nitrogen and oxygen atoms in total. The molecule has 2 rings (SSSR count). The van der Waals surface area contributed by atoms with Crippen molar-refractivity contribution in [2.24, 2.45) is 0 Å². The van der Waals surface area contributed by atoms with Crippen molar-refractivity contribution in [3.05, 3.63) is 29.3 Å². The van der Waals surface area contributed by atoms with Crippen LogP contribution in [-0.4, -0.2) is 11.5 Å². The second-order valence-electron chi connectivity index (χ2n) is 5.88. The lowest BCUT2D eigenvalue weighted by molar-refractivity contribution is 0.121. The van der Waals surface area contributed by atoms with Crippen molar-refractivity contribution < 1.29 is 4.74 Å². The molecule has 0 amide bonds. The van der Waals surface area contributed by atoms with Gasteiger partial charge in [-0.1, -0.05) is 45.9 Å². The molecule has 0 heterocycles. The standard InChI is InChI=1S/C16H23ClO/c1-10(2)14-6-5-7-15(11(3)4)16(14)18-13-8-12(17)9-13/h5-7,10-13H,8-9H2,1-4H3. The van der Waals surface area contributed by atoms with Gasteiger partial charge in [-0.15, -0.1) is 11.6 Å². The maximum atomic E-state index is 6.22. The van der Waals surface area contributed by atoms with E-state index in [-0.39, 0.29) is 0 Å². The average molecular weight is 267 g/mol. The molecule has 1 aliphatic carbocycles. The average Bonchev–Trinajstić information content (AvgIpc) is 2.26. The summed E-state index contributed by atoms with van der Waals surface area (Å²) in [5.74, 6) is 2.09. The Bertz CT molecular complexity index is 379. The van der Waals surface area contributed by atoms with Gasteiger partial charge in [-0.25, -0.2) is 0 Å². The summed E-state index contributed by atoms with van der Waals surface area (Å²) >= 11 is 6.03. The van der Waals surface area contributed by atoms with Gasteiger partial charge in [0.25, 0.3) is 0 Å². The largest absolute Gasteiger partial charge is 0.490 e. The van der Waals surface area contributed by atoms with Crippen LogP contribution in [0.2, 0.25) is 0 Å². The van der Waals surface area contributed by atoms with Crippen molar-refractivity contribution in [3.63, 3.8) is 0 Å². The summed E-state index contributed by atoms with van der Waals surface area (Å²) in [6, 6.07) is 6.51. The lowest BCUT2D eigenvalue weighted by atomic mass is 9.92. The van der Waals surface area contributed by atoms with E-state index in [4.69, 9.17) is 16.3 Å². The second kappa shape index (κ2) is 5.52. The molecule has 0 saturated heterocycles. The van der Waals surface area contributed by atoms with E-state index in [9.17, 15) is 0 Å². The number of rotatable bonds is 4. The van der Waals surface area contributed by atoms with Gasteiger partial charge < -0.3 is 4.74 Å². The van der Waals surface area contributed by atoms with Crippen LogP contribution in [0.5, 0.6) is 5.75 Å². The number of benzene rings is 1. The van der Waals surface area contributed by atoms with Gasteiger partial charge in [-0.2, -0.15) is 0 Å². The summed E-state index contributed by atoms with van der Waals surface area (Å²) in [5.41, 5.74) is 2.64. The molecule has 2 heteroatoms. The number of ether oxygens (including phenoxy) is 1. The zero-order valence-electron chi connectivity index (χ0n) is 11.7. The van der Waals surface area contributed by atoms with E-state index in [1.54, 1.807) is 0 Å². The van der Waals surface area contributed by atoms with Crippen LogP contribution in [-0.2, 0) is 0 Å². The SMILES string of the molecule is CC(C)c1cccc(C(C)C)c1OC1CC(Cl)C1. The second-order valence-corrected chi connectivity index (χ2v) is 6.50. The van der Waals surface area contributed by atoms with Crippen LogP contribution in [0.1, 0.15) is 63.5 Å². The van der Waals surface area contributed by atoms with Crippen LogP contribution < -0.4 is 4.74 Å². The van der Waals surface area contributed by atoms with E-state index in [1.807, 2.05) is 0 Å². The maximum Gasteiger partial charge on any atom is 0.126 e. The van der Waals surface area contributed by atoms with E-state index >= 15 is 0 Å². The summed E-state index contributed by atoms with van der Waals surface area (Å²) in [6.45, 7) is 8.88. The highest BCUT2D eigenvalue weighted by molar-refractivity contribution is 6.21. The fourth-order valence-electron chi connectivity index (χ4n) is 2.38. The zero-order valence-corrected chi connectivity index (χ0v) is 12.5. The molecule has 1 aromatic rings. The normalized spacial score (nSPS) is 23.3. The summed E-state index contributed by atoms with van der Waals surface area (Å²) in [6.07, 6.45) is 2.27. The van der Waals surface area contributed by atoms with Gasteiger partial charge in [0.05, 0.1) is 0 Å². The minimum absolute atomic E-state index is 0.309. The van der Waals surface area contributed by atoms with Crippen molar-refractivity contribution in [2.45, 2.75) is 63.9 Å². The minimum Gasteiger partial charge on any atom is -0.490 e. The van der Waals surface area contributed by atoms with Crippen LogP contribution >= 0.6 is 11.6 Å². The Morgan fingerprint density at radius 3 is 1.94 bits per heavy atom. The zero-order chi connectivity index (χ0) is 13.3. The third-order valence-corrected chi connectivity index (χ3v) is 4.00. The van der Waals surface area contributed by atoms with Crippen molar-refractivity contribution in [1.82, 2.24) is 0 Å². The smallest absolute Gasteiger partial charge is 0.126 e. The van der Waals surface area contributed by atoms with E-state index < -0.39 is 0 Å². The molecular formula is C16H23ClO. The molecule has 0 spiro atoms. The number of hydrogen-bond donors (Lipinski definition) is 0. The third kappa shape index (κ3) is 2.83. The van der Waals surface area contributed by atoms with Crippen molar-refractivity contribution >= 4 is 11.6 Å². The monoisotopic (exact) mass is 266 g/mol. The first-order chi connectivity index (χ1) is 8.49. The molecule has 0 aromatic heterocycles. The highest BCUT2D eigenvalue weighted by atomic mass is 35.5. The summed E-state index contributed by atoms with van der Waals surface area (Å²) in [7, 11) is 0. The van der Waals surface area contributed by atoms with Crippen LogP contribution in [0.25, 0.3) is 0 Å². The first-order valence-corrected chi connectivity index (χ1v) is 7.36. The Balaban J connectivity index is 2.28. The fraction of sp³-hybridized carbons (Fsp3) is 0.625. The first-order valence-electron chi connectivity index (χ1n) is 6.92. The fourth-order valence-corrected chi connectivity index (χ4v) is 2.78. The van der Waals surface area contributed by atoms with Crippen LogP contribution in [0.15, 0.2) is 18.2 Å². The summed E-state index contributed by atoms with van der Waals surface area (Å²) < 4.78 is 6.22. The van der Waals surface area contributed by atoms with Crippen LogP contribution in [0.4, 0.5) is 0 Å². The Morgan fingerprint density at radius 2 is 1.56 bits per heavy atom. The number of halogens is 1. The number of hydrogen-bond acceptors (Lipinski definition) is 1. The Kier molecular flexibility index (Phi) is 4.21. The molecule has 0 aliphatic heterocycles. The van der Waals surface area contributed by atoms with E-state index in [0.29, 0.717) is 23.3 Å². The first kappa shape index (κ1) is 13.7. The van der Waals surface area contributed by atoms with Crippen LogP contribution in [0.3, 0.4) is 0 Å². The Labute approximate surface area is 115 Å². The lowest BCUT2D eigenvalue weighted by Gasteiger charge is -2.33. The van der Waals surface area contributed by atoms with Gasteiger partial charge in [0.15, 0.2) is 0 Å². The van der Waals surface area contributed by atoms with Crippen molar-refractivity contribution in [3.8, 4) is 5.75 Å². The van der Waals surface area contributed by atoms with Crippen LogP contribution in [0, 0.1) is 0 Å². The topological polar surface area (TPSA) is 9.23 Å².